The summed E-state index contributed by atoms with van der Waals surface area (Å²) in [5.74, 6) is 1.55. The summed E-state index contributed by atoms with van der Waals surface area (Å²) < 4.78 is 20.8. The highest BCUT2D eigenvalue weighted by Crippen LogP contribution is 2.38. The number of esters is 1. The first-order valence-corrected chi connectivity index (χ1v) is 6.72. The zero-order valence-electron chi connectivity index (χ0n) is 11.6. The van der Waals surface area contributed by atoms with Gasteiger partial charge in [0.25, 0.3) is 0 Å². The third-order valence-corrected chi connectivity index (χ3v) is 3.56. The summed E-state index contributed by atoms with van der Waals surface area (Å²) in [6.07, 6.45) is 2.82. The van der Waals surface area contributed by atoms with Crippen LogP contribution in [-0.2, 0) is 20.7 Å². The Hall–Kier alpha value is -2.37. The molecule has 0 fully saturated rings. The highest BCUT2D eigenvalue weighted by molar-refractivity contribution is 5.83. The van der Waals surface area contributed by atoms with Crippen molar-refractivity contribution in [1.82, 2.24) is 0 Å². The SMILES string of the molecule is COC1=CC(=O)OC(CCc2cc3c(cc2O)OCO3)C1. The van der Waals surface area contributed by atoms with E-state index in [1.807, 2.05) is 0 Å². The van der Waals surface area contributed by atoms with Gasteiger partial charge in [0.15, 0.2) is 11.5 Å². The topological polar surface area (TPSA) is 74.2 Å². The average Bonchev–Trinajstić information content (AvgIpc) is 2.91. The minimum absolute atomic E-state index is 0.156. The highest BCUT2D eigenvalue weighted by atomic mass is 16.7. The van der Waals surface area contributed by atoms with Crippen LogP contribution in [0.5, 0.6) is 17.2 Å². The second kappa shape index (κ2) is 5.55. The van der Waals surface area contributed by atoms with E-state index in [4.69, 9.17) is 18.9 Å². The molecule has 0 aliphatic carbocycles. The molecule has 6 nitrogen and oxygen atoms in total. The summed E-state index contributed by atoms with van der Waals surface area (Å²) >= 11 is 0. The number of ether oxygens (including phenoxy) is 4. The van der Waals surface area contributed by atoms with Crippen molar-refractivity contribution in [3.05, 3.63) is 29.5 Å². The molecule has 21 heavy (non-hydrogen) atoms. The van der Waals surface area contributed by atoms with E-state index in [0.717, 1.165) is 5.56 Å². The van der Waals surface area contributed by atoms with E-state index in [0.29, 0.717) is 36.5 Å². The van der Waals surface area contributed by atoms with Crippen molar-refractivity contribution in [2.75, 3.05) is 13.9 Å². The lowest BCUT2D eigenvalue weighted by Crippen LogP contribution is -2.23. The molecule has 1 atom stereocenters. The fraction of sp³-hybridized carbons (Fsp3) is 0.400. The van der Waals surface area contributed by atoms with Gasteiger partial charge < -0.3 is 24.1 Å². The monoisotopic (exact) mass is 292 g/mol. The van der Waals surface area contributed by atoms with Crippen LogP contribution in [-0.4, -0.2) is 31.1 Å². The van der Waals surface area contributed by atoms with Gasteiger partial charge in [-0.05, 0) is 24.5 Å². The number of carbonyl (C=O) groups excluding carboxylic acids is 1. The molecule has 112 valence electrons. The van der Waals surface area contributed by atoms with Crippen LogP contribution in [0, 0.1) is 0 Å². The predicted molar refractivity (Wildman–Crippen MR) is 72.1 cm³/mol. The summed E-state index contributed by atoms with van der Waals surface area (Å²) in [6, 6.07) is 3.31. The molecule has 3 rings (SSSR count). The van der Waals surface area contributed by atoms with Gasteiger partial charge in [-0.1, -0.05) is 0 Å². The van der Waals surface area contributed by atoms with Crippen LogP contribution in [0.3, 0.4) is 0 Å². The van der Waals surface area contributed by atoms with Gasteiger partial charge in [-0.25, -0.2) is 4.79 Å². The summed E-state index contributed by atoms with van der Waals surface area (Å²) in [5, 5.41) is 9.97. The summed E-state index contributed by atoms with van der Waals surface area (Å²) in [5.41, 5.74) is 0.740. The molecule has 2 aliphatic heterocycles. The smallest absolute Gasteiger partial charge is 0.334 e. The van der Waals surface area contributed by atoms with Crippen molar-refractivity contribution in [1.29, 1.82) is 0 Å². The van der Waals surface area contributed by atoms with E-state index in [1.54, 1.807) is 12.1 Å². The number of aryl methyl sites for hydroxylation is 1. The molecule has 1 N–H and O–H groups in total. The first-order valence-electron chi connectivity index (χ1n) is 6.72. The molecule has 2 heterocycles. The van der Waals surface area contributed by atoms with Crippen LogP contribution in [0.25, 0.3) is 0 Å². The molecule has 0 amide bonds. The Morgan fingerprint density at radius 2 is 2.10 bits per heavy atom. The van der Waals surface area contributed by atoms with Crippen molar-refractivity contribution in [3.63, 3.8) is 0 Å². The number of fused-ring (bicyclic) bond motifs is 1. The molecule has 0 saturated heterocycles. The van der Waals surface area contributed by atoms with Crippen LogP contribution in [0.15, 0.2) is 24.0 Å². The number of methoxy groups -OCH3 is 1. The number of benzene rings is 1. The first-order chi connectivity index (χ1) is 10.2. The third kappa shape index (κ3) is 2.89. The van der Waals surface area contributed by atoms with Crippen molar-refractivity contribution in [2.45, 2.75) is 25.4 Å². The minimum atomic E-state index is -0.391. The molecular formula is C15H16O6. The van der Waals surface area contributed by atoms with Gasteiger partial charge in [-0.2, -0.15) is 0 Å². The van der Waals surface area contributed by atoms with E-state index in [1.165, 1.54) is 13.2 Å². The number of cyclic esters (lactones) is 1. The second-order valence-electron chi connectivity index (χ2n) is 4.95. The fourth-order valence-electron chi connectivity index (χ4n) is 2.45. The largest absolute Gasteiger partial charge is 0.508 e. The second-order valence-corrected chi connectivity index (χ2v) is 4.95. The van der Waals surface area contributed by atoms with Crippen LogP contribution in [0.2, 0.25) is 0 Å². The summed E-state index contributed by atoms with van der Waals surface area (Å²) in [4.78, 5) is 11.4. The molecule has 0 bridgehead atoms. The molecule has 1 aromatic rings. The average molecular weight is 292 g/mol. The quantitative estimate of drug-likeness (QED) is 0.854. The van der Waals surface area contributed by atoms with E-state index in [-0.39, 0.29) is 18.6 Å². The van der Waals surface area contributed by atoms with E-state index >= 15 is 0 Å². The van der Waals surface area contributed by atoms with Gasteiger partial charge in [0, 0.05) is 12.5 Å². The maximum Gasteiger partial charge on any atom is 0.334 e. The standard InChI is InChI=1S/C15H16O6/c1-18-11-5-10(21-15(17)6-11)3-2-9-4-13-14(7-12(9)16)20-8-19-13/h4,6-7,10,16H,2-3,5,8H2,1H3. The number of hydrogen-bond donors (Lipinski definition) is 1. The molecule has 1 unspecified atom stereocenters. The Bertz CT molecular complexity index is 592. The van der Waals surface area contributed by atoms with Crippen LogP contribution in [0.1, 0.15) is 18.4 Å². The lowest BCUT2D eigenvalue weighted by Gasteiger charge is -2.22. The summed E-state index contributed by atoms with van der Waals surface area (Å²) in [7, 11) is 1.53. The molecule has 6 heteroatoms. The van der Waals surface area contributed by atoms with Crippen LogP contribution >= 0.6 is 0 Å². The lowest BCUT2D eigenvalue weighted by atomic mass is 10.0. The molecule has 0 aromatic heterocycles. The Balaban J connectivity index is 1.66. The van der Waals surface area contributed by atoms with Crippen LogP contribution < -0.4 is 9.47 Å². The number of aromatic hydroxyl groups is 1. The van der Waals surface area contributed by atoms with Crippen LogP contribution in [0.4, 0.5) is 0 Å². The molecule has 0 spiro atoms. The van der Waals surface area contributed by atoms with Gasteiger partial charge >= 0.3 is 5.97 Å². The minimum Gasteiger partial charge on any atom is -0.508 e. The van der Waals surface area contributed by atoms with Crippen molar-refractivity contribution >= 4 is 5.97 Å². The Labute approximate surface area is 121 Å². The maximum atomic E-state index is 11.4. The van der Waals surface area contributed by atoms with Crippen molar-refractivity contribution in [2.24, 2.45) is 0 Å². The zero-order valence-corrected chi connectivity index (χ0v) is 11.6. The Morgan fingerprint density at radius 3 is 2.86 bits per heavy atom. The maximum absolute atomic E-state index is 11.4. The predicted octanol–water partition coefficient (Wildman–Crippen LogP) is 1.90. The molecule has 0 saturated carbocycles. The number of phenols is 1. The first kappa shape index (κ1) is 13.6. The molecule has 2 aliphatic rings. The fourth-order valence-corrected chi connectivity index (χ4v) is 2.45. The molecule has 1 aromatic carbocycles. The van der Waals surface area contributed by atoms with Crippen molar-refractivity contribution in [3.8, 4) is 17.2 Å². The summed E-state index contributed by atoms with van der Waals surface area (Å²) in [6.45, 7) is 0.167. The van der Waals surface area contributed by atoms with Gasteiger partial charge in [-0.3, -0.25) is 0 Å². The number of rotatable bonds is 4. The van der Waals surface area contributed by atoms with E-state index in [9.17, 15) is 9.90 Å². The normalized spacial score (nSPS) is 20.0. The third-order valence-electron chi connectivity index (χ3n) is 3.56. The highest BCUT2D eigenvalue weighted by Gasteiger charge is 2.23. The van der Waals surface area contributed by atoms with Gasteiger partial charge in [0.2, 0.25) is 6.79 Å². The zero-order chi connectivity index (χ0) is 14.8. The molecular weight excluding hydrogens is 276 g/mol. The van der Waals surface area contributed by atoms with E-state index in [2.05, 4.69) is 0 Å². The number of phenolic OH excluding ortho intramolecular Hbond substituents is 1. The van der Waals surface area contributed by atoms with Gasteiger partial charge in [-0.15, -0.1) is 0 Å². The van der Waals surface area contributed by atoms with E-state index < -0.39 is 5.97 Å². The van der Waals surface area contributed by atoms with Crippen molar-refractivity contribution < 1.29 is 28.8 Å². The van der Waals surface area contributed by atoms with Gasteiger partial charge in [0.05, 0.1) is 13.2 Å². The van der Waals surface area contributed by atoms with Gasteiger partial charge in [0.1, 0.15) is 17.6 Å². The molecule has 0 radical (unpaired) electrons. The Morgan fingerprint density at radius 1 is 1.33 bits per heavy atom. The Kier molecular flexibility index (Phi) is 3.60. The lowest BCUT2D eigenvalue weighted by molar-refractivity contribution is -0.145. The number of carbonyl (C=O) groups is 1. The number of hydrogen-bond acceptors (Lipinski definition) is 6.